The molecular formula is C14H17BrN4O. The number of nitrogens with zero attached hydrogens (tertiary/aromatic N) is 3. The van der Waals surface area contributed by atoms with E-state index in [1.165, 1.54) is 4.68 Å². The fourth-order valence-corrected chi connectivity index (χ4v) is 2.21. The number of nitrogens with one attached hydrogen (secondary N) is 1. The number of hydrogen-bond donors (Lipinski definition) is 1. The average Bonchev–Trinajstić information content (AvgIpc) is 2.44. The molecule has 0 unspecified atom stereocenters. The highest BCUT2D eigenvalue weighted by Gasteiger charge is 2.09. The maximum absolute atomic E-state index is 12.1. The highest BCUT2D eigenvalue weighted by Crippen LogP contribution is 2.17. The van der Waals surface area contributed by atoms with Gasteiger partial charge in [-0.05, 0) is 33.5 Å². The minimum Gasteiger partial charge on any atom is -0.379 e. The molecule has 0 saturated carbocycles. The molecule has 2 heterocycles. The van der Waals surface area contributed by atoms with Crippen molar-refractivity contribution in [1.29, 1.82) is 0 Å². The fourth-order valence-electron chi connectivity index (χ4n) is 1.76. The summed E-state index contributed by atoms with van der Waals surface area (Å²) < 4.78 is 1.99. The Labute approximate surface area is 126 Å². The Morgan fingerprint density at radius 2 is 2.20 bits per heavy atom. The van der Waals surface area contributed by atoms with E-state index in [-0.39, 0.29) is 5.56 Å². The molecule has 0 fully saturated rings. The Morgan fingerprint density at radius 3 is 2.85 bits per heavy atom. The summed E-state index contributed by atoms with van der Waals surface area (Å²) in [6.07, 6.45) is 5.19. The molecule has 0 saturated heterocycles. The van der Waals surface area contributed by atoms with E-state index in [1.807, 2.05) is 12.1 Å². The van der Waals surface area contributed by atoms with Gasteiger partial charge < -0.3 is 5.32 Å². The van der Waals surface area contributed by atoms with E-state index >= 15 is 0 Å². The third-order valence-corrected chi connectivity index (χ3v) is 3.50. The Hall–Kier alpha value is -1.69. The van der Waals surface area contributed by atoms with Crippen LogP contribution in [0, 0.1) is 5.92 Å². The smallest absolute Gasteiger partial charge is 0.283 e. The second-order valence-corrected chi connectivity index (χ2v) is 5.76. The van der Waals surface area contributed by atoms with Crippen LogP contribution in [-0.4, -0.2) is 14.8 Å². The zero-order chi connectivity index (χ0) is 14.5. The Morgan fingerprint density at radius 1 is 1.40 bits per heavy atom. The van der Waals surface area contributed by atoms with Crippen LogP contribution in [0.15, 0.2) is 40.0 Å². The molecule has 0 aliphatic heterocycles. The van der Waals surface area contributed by atoms with Crippen LogP contribution in [-0.2, 0) is 13.1 Å². The second kappa shape index (κ2) is 6.65. The van der Waals surface area contributed by atoms with Crippen molar-refractivity contribution >= 4 is 21.6 Å². The van der Waals surface area contributed by atoms with Gasteiger partial charge in [-0.2, -0.15) is 5.10 Å². The monoisotopic (exact) mass is 336 g/mol. The summed E-state index contributed by atoms with van der Waals surface area (Å²) in [6, 6.07) is 3.85. The molecule has 6 heteroatoms. The molecule has 0 bridgehead atoms. The molecule has 0 aromatic carbocycles. The van der Waals surface area contributed by atoms with Crippen molar-refractivity contribution in [2.45, 2.75) is 26.9 Å². The van der Waals surface area contributed by atoms with Crippen molar-refractivity contribution in [2.24, 2.45) is 5.92 Å². The lowest BCUT2D eigenvalue weighted by molar-refractivity contribution is 0.462. The van der Waals surface area contributed by atoms with Gasteiger partial charge in [0.05, 0.1) is 11.9 Å². The Balaban J connectivity index is 2.13. The van der Waals surface area contributed by atoms with Gasteiger partial charge in [0.25, 0.3) is 5.56 Å². The highest BCUT2D eigenvalue weighted by molar-refractivity contribution is 9.10. The van der Waals surface area contributed by atoms with Gasteiger partial charge in [-0.1, -0.05) is 19.9 Å². The van der Waals surface area contributed by atoms with E-state index in [0.29, 0.717) is 29.2 Å². The van der Waals surface area contributed by atoms with Crippen LogP contribution in [0.4, 0.5) is 5.69 Å². The number of hydrogen-bond acceptors (Lipinski definition) is 4. The minimum atomic E-state index is -0.116. The van der Waals surface area contributed by atoms with Gasteiger partial charge in [0.15, 0.2) is 0 Å². The number of rotatable bonds is 5. The van der Waals surface area contributed by atoms with Crippen molar-refractivity contribution in [2.75, 3.05) is 5.32 Å². The summed E-state index contributed by atoms with van der Waals surface area (Å²) in [7, 11) is 0. The van der Waals surface area contributed by atoms with Crippen molar-refractivity contribution in [3.63, 3.8) is 0 Å². The Kier molecular flexibility index (Phi) is 4.89. The molecule has 0 radical (unpaired) electrons. The van der Waals surface area contributed by atoms with E-state index in [2.05, 4.69) is 45.2 Å². The molecule has 2 aromatic rings. The van der Waals surface area contributed by atoms with Crippen molar-refractivity contribution < 1.29 is 0 Å². The fraction of sp³-hybridized carbons (Fsp3) is 0.357. The minimum absolute atomic E-state index is 0.116. The number of anilines is 1. The topological polar surface area (TPSA) is 59.8 Å². The van der Waals surface area contributed by atoms with Crippen LogP contribution in [0.25, 0.3) is 0 Å². The van der Waals surface area contributed by atoms with E-state index in [1.54, 1.807) is 18.6 Å². The molecule has 5 nitrogen and oxygen atoms in total. The first-order valence-corrected chi connectivity index (χ1v) is 7.25. The summed E-state index contributed by atoms with van der Waals surface area (Å²) in [5.74, 6) is 0.376. The van der Waals surface area contributed by atoms with Gasteiger partial charge >= 0.3 is 0 Å². The SMILES string of the molecule is CC(C)Cn1ncc(NCc2cccnc2)c(Br)c1=O. The molecule has 2 rings (SSSR count). The van der Waals surface area contributed by atoms with Gasteiger partial charge in [-0.15, -0.1) is 0 Å². The average molecular weight is 337 g/mol. The quantitative estimate of drug-likeness (QED) is 0.911. The van der Waals surface area contributed by atoms with Crippen LogP contribution in [0.1, 0.15) is 19.4 Å². The molecule has 2 aromatic heterocycles. The van der Waals surface area contributed by atoms with E-state index < -0.39 is 0 Å². The Bertz CT molecular complexity index is 625. The van der Waals surface area contributed by atoms with Crippen molar-refractivity contribution in [1.82, 2.24) is 14.8 Å². The maximum atomic E-state index is 12.1. The lowest BCUT2D eigenvalue weighted by atomic mass is 10.2. The van der Waals surface area contributed by atoms with E-state index in [4.69, 9.17) is 0 Å². The number of halogens is 1. The summed E-state index contributed by atoms with van der Waals surface area (Å²) in [5, 5.41) is 7.38. The van der Waals surface area contributed by atoms with E-state index in [9.17, 15) is 4.79 Å². The van der Waals surface area contributed by atoms with Crippen LogP contribution < -0.4 is 10.9 Å². The zero-order valence-electron chi connectivity index (χ0n) is 11.5. The van der Waals surface area contributed by atoms with E-state index in [0.717, 1.165) is 5.56 Å². The molecule has 1 N–H and O–H groups in total. The lowest BCUT2D eigenvalue weighted by Gasteiger charge is -2.11. The van der Waals surface area contributed by atoms with Crippen LogP contribution in [0.5, 0.6) is 0 Å². The van der Waals surface area contributed by atoms with Gasteiger partial charge in [-0.3, -0.25) is 9.78 Å². The molecule has 20 heavy (non-hydrogen) atoms. The van der Waals surface area contributed by atoms with Gasteiger partial charge in [0, 0.05) is 25.5 Å². The van der Waals surface area contributed by atoms with Gasteiger partial charge in [0.1, 0.15) is 4.47 Å². The number of aromatic nitrogens is 3. The largest absolute Gasteiger partial charge is 0.379 e. The van der Waals surface area contributed by atoms with Crippen LogP contribution in [0.3, 0.4) is 0 Å². The predicted molar refractivity (Wildman–Crippen MR) is 82.6 cm³/mol. The zero-order valence-corrected chi connectivity index (χ0v) is 13.1. The highest BCUT2D eigenvalue weighted by atomic mass is 79.9. The molecule has 0 aliphatic carbocycles. The van der Waals surface area contributed by atoms with Gasteiger partial charge in [0.2, 0.25) is 0 Å². The molecule has 106 valence electrons. The lowest BCUT2D eigenvalue weighted by Crippen LogP contribution is -2.26. The standard InChI is InChI=1S/C14H17BrN4O/c1-10(2)9-19-14(20)13(15)12(8-18-19)17-7-11-4-3-5-16-6-11/h3-6,8,10,17H,7,9H2,1-2H3. The van der Waals surface area contributed by atoms with Crippen molar-refractivity contribution in [3.05, 3.63) is 51.1 Å². The third-order valence-electron chi connectivity index (χ3n) is 2.73. The van der Waals surface area contributed by atoms with Crippen LogP contribution in [0.2, 0.25) is 0 Å². The first kappa shape index (κ1) is 14.7. The normalized spacial score (nSPS) is 10.8. The molecule has 0 amide bonds. The molecule has 0 spiro atoms. The maximum Gasteiger partial charge on any atom is 0.283 e. The predicted octanol–water partition coefficient (Wildman–Crippen LogP) is 2.67. The molecule has 0 aliphatic rings. The van der Waals surface area contributed by atoms with Crippen LogP contribution >= 0.6 is 15.9 Å². The van der Waals surface area contributed by atoms with Crippen molar-refractivity contribution in [3.8, 4) is 0 Å². The first-order chi connectivity index (χ1) is 9.58. The third kappa shape index (κ3) is 3.66. The number of pyridine rings is 1. The first-order valence-electron chi connectivity index (χ1n) is 6.46. The molecule has 0 atom stereocenters. The summed E-state index contributed by atoms with van der Waals surface area (Å²) in [4.78, 5) is 16.2. The van der Waals surface area contributed by atoms with Gasteiger partial charge in [-0.25, -0.2) is 4.68 Å². The summed E-state index contributed by atoms with van der Waals surface area (Å²) >= 11 is 3.34. The summed E-state index contributed by atoms with van der Waals surface area (Å²) in [6.45, 7) is 5.31. The molecular weight excluding hydrogens is 320 g/mol. The second-order valence-electron chi connectivity index (χ2n) is 4.97. The summed E-state index contributed by atoms with van der Waals surface area (Å²) in [5.41, 5.74) is 1.62.